The number of nitrogens with zero attached hydrogens (tertiary/aromatic N) is 3. The molecule has 2 fully saturated rings. The van der Waals surface area contributed by atoms with Crippen molar-refractivity contribution in [1.82, 2.24) is 20.4 Å². The van der Waals surface area contributed by atoms with Crippen LogP contribution in [0.3, 0.4) is 0 Å². The summed E-state index contributed by atoms with van der Waals surface area (Å²) in [4.78, 5) is 20.3. The molecule has 2 N–H and O–H groups in total. The van der Waals surface area contributed by atoms with Gasteiger partial charge in [-0.05, 0) is 24.7 Å². The number of carbonyl (C=O) groups excluding carboxylic acids is 1. The van der Waals surface area contributed by atoms with E-state index in [-0.39, 0.29) is 12.5 Å². The minimum atomic E-state index is 0.0168. The smallest absolute Gasteiger partial charge is 0.243 e. The Bertz CT molecular complexity index is 437. The van der Waals surface area contributed by atoms with Crippen molar-refractivity contribution in [3.8, 4) is 0 Å². The lowest BCUT2D eigenvalue weighted by atomic mass is 9.67. The van der Waals surface area contributed by atoms with E-state index in [0.717, 1.165) is 51.9 Å². The van der Waals surface area contributed by atoms with Gasteiger partial charge in [0.15, 0.2) is 5.96 Å². The Morgan fingerprint density at radius 3 is 2.52 bits per heavy atom. The number of hydrogen-bond acceptors (Lipinski definition) is 4. The van der Waals surface area contributed by atoms with Crippen LogP contribution in [0.2, 0.25) is 0 Å². The Labute approximate surface area is 152 Å². The van der Waals surface area contributed by atoms with Crippen molar-refractivity contribution < 1.29 is 9.53 Å². The molecule has 2 aliphatic rings. The summed E-state index contributed by atoms with van der Waals surface area (Å²) >= 11 is 0. The number of hydrogen-bond donors (Lipinski definition) is 2. The zero-order chi connectivity index (χ0) is 18.1. The third-order valence-corrected chi connectivity index (χ3v) is 5.49. The topological polar surface area (TPSA) is 69.2 Å². The average molecular weight is 354 g/mol. The molecule has 1 amide bonds. The lowest BCUT2D eigenvalue weighted by molar-refractivity contribution is -0.127. The second kappa shape index (κ2) is 9.97. The van der Waals surface area contributed by atoms with E-state index in [2.05, 4.69) is 27.4 Å². The second-order valence-electron chi connectivity index (χ2n) is 7.39. The van der Waals surface area contributed by atoms with Crippen LogP contribution >= 0.6 is 0 Å². The van der Waals surface area contributed by atoms with Gasteiger partial charge in [0.05, 0.1) is 13.2 Å². The van der Waals surface area contributed by atoms with E-state index in [4.69, 9.17) is 4.74 Å². The number of nitrogens with one attached hydrogen (secondary N) is 2. The maximum atomic E-state index is 11.8. The normalized spacial score (nSPS) is 20.7. The van der Waals surface area contributed by atoms with Crippen LogP contribution in [0.25, 0.3) is 0 Å². The molecule has 0 atom stereocenters. The molecular weight excluding hydrogens is 318 g/mol. The van der Waals surface area contributed by atoms with Gasteiger partial charge in [0.1, 0.15) is 6.54 Å². The predicted molar refractivity (Wildman–Crippen MR) is 101 cm³/mol. The number of morpholine rings is 1. The highest BCUT2D eigenvalue weighted by atomic mass is 16.5. The van der Waals surface area contributed by atoms with E-state index in [9.17, 15) is 4.79 Å². The molecule has 0 spiro atoms. The first-order valence-corrected chi connectivity index (χ1v) is 9.57. The molecule has 1 saturated heterocycles. The molecule has 0 aromatic rings. The Morgan fingerprint density at radius 1 is 1.24 bits per heavy atom. The molecule has 1 heterocycles. The van der Waals surface area contributed by atoms with E-state index >= 15 is 0 Å². The van der Waals surface area contributed by atoms with Crippen LogP contribution in [-0.2, 0) is 9.53 Å². The van der Waals surface area contributed by atoms with Crippen molar-refractivity contribution in [2.24, 2.45) is 10.4 Å². The Hall–Kier alpha value is -1.34. The van der Waals surface area contributed by atoms with Crippen molar-refractivity contribution in [3.05, 3.63) is 0 Å². The van der Waals surface area contributed by atoms with Gasteiger partial charge >= 0.3 is 0 Å². The number of ether oxygens (including phenoxy) is 1. The first-order valence-electron chi connectivity index (χ1n) is 9.57. The van der Waals surface area contributed by atoms with Crippen LogP contribution in [0.1, 0.15) is 32.6 Å². The van der Waals surface area contributed by atoms with Gasteiger partial charge in [-0.25, -0.2) is 4.99 Å². The molecule has 0 unspecified atom stereocenters. The molecule has 0 bridgehead atoms. The summed E-state index contributed by atoms with van der Waals surface area (Å²) in [6.45, 7) is 8.76. The van der Waals surface area contributed by atoms with Gasteiger partial charge < -0.3 is 20.3 Å². The fourth-order valence-electron chi connectivity index (χ4n) is 3.22. The highest BCUT2D eigenvalue weighted by molar-refractivity contribution is 5.84. The van der Waals surface area contributed by atoms with E-state index in [1.54, 1.807) is 19.0 Å². The van der Waals surface area contributed by atoms with Crippen LogP contribution < -0.4 is 10.6 Å². The molecule has 0 radical (unpaired) electrons. The Balaban J connectivity index is 1.81. The number of rotatable bonds is 8. The standard InChI is InChI=1S/C18H35N5O2/c1-4-18(6-5-7-18)15-21-17(20-14-16(24)22(2)3)19-8-9-23-10-12-25-13-11-23/h4-15H2,1-3H3,(H2,19,20,21). The number of guanidine groups is 1. The summed E-state index contributed by atoms with van der Waals surface area (Å²) in [5.41, 5.74) is 0.415. The van der Waals surface area contributed by atoms with E-state index < -0.39 is 0 Å². The molecular formula is C18H35N5O2. The quantitative estimate of drug-likeness (QED) is 0.492. The van der Waals surface area contributed by atoms with Crippen molar-refractivity contribution in [1.29, 1.82) is 0 Å². The minimum Gasteiger partial charge on any atom is -0.379 e. The highest BCUT2D eigenvalue weighted by Crippen LogP contribution is 2.42. The number of amides is 1. The van der Waals surface area contributed by atoms with Crippen LogP contribution in [0.5, 0.6) is 0 Å². The monoisotopic (exact) mass is 353 g/mol. The van der Waals surface area contributed by atoms with Gasteiger partial charge in [-0.2, -0.15) is 0 Å². The fourth-order valence-corrected chi connectivity index (χ4v) is 3.22. The van der Waals surface area contributed by atoms with Crippen molar-refractivity contribution in [2.75, 3.05) is 66.6 Å². The lowest BCUT2D eigenvalue weighted by Gasteiger charge is -2.41. The SMILES string of the molecule is CCC1(CNC(=NCC(=O)N(C)C)NCCN2CCOCC2)CCC1. The lowest BCUT2D eigenvalue weighted by Crippen LogP contribution is -2.48. The summed E-state index contributed by atoms with van der Waals surface area (Å²) in [5.74, 6) is 0.770. The molecule has 0 aromatic carbocycles. The summed E-state index contributed by atoms with van der Waals surface area (Å²) < 4.78 is 5.38. The molecule has 1 saturated carbocycles. The Kier molecular flexibility index (Phi) is 7.96. The minimum absolute atomic E-state index is 0.0168. The molecule has 7 nitrogen and oxygen atoms in total. The summed E-state index contributed by atoms with van der Waals surface area (Å²) in [7, 11) is 3.52. The van der Waals surface area contributed by atoms with Crippen LogP contribution in [0.4, 0.5) is 0 Å². The second-order valence-corrected chi connectivity index (χ2v) is 7.39. The number of aliphatic imine (C=N–C) groups is 1. The first-order chi connectivity index (χ1) is 12.0. The van der Waals surface area contributed by atoms with Crippen LogP contribution in [-0.4, -0.2) is 88.2 Å². The van der Waals surface area contributed by atoms with Crippen LogP contribution in [0, 0.1) is 5.41 Å². The first kappa shape index (κ1) is 20.0. The molecule has 2 rings (SSSR count). The van der Waals surface area contributed by atoms with Gasteiger partial charge in [0.25, 0.3) is 0 Å². The molecule has 1 aliphatic carbocycles. The molecule has 1 aliphatic heterocycles. The maximum absolute atomic E-state index is 11.8. The third-order valence-electron chi connectivity index (χ3n) is 5.49. The largest absolute Gasteiger partial charge is 0.379 e. The summed E-state index contributed by atoms with van der Waals surface area (Å²) in [5, 5.41) is 6.86. The third kappa shape index (κ3) is 6.47. The van der Waals surface area contributed by atoms with Gasteiger partial charge in [0.2, 0.25) is 5.91 Å². The Morgan fingerprint density at radius 2 is 1.96 bits per heavy atom. The van der Waals surface area contributed by atoms with Gasteiger partial charge in [-0.15, -0.1) is 0 Å². The summed E-state index contributed by atoms with van der Waals surface area (Å²) in [6.07, 6.45) is 5.09. The van der Waals surface area contributed by atoms with E-state index in [1.807, 2.05) is 0 Å². The fraction of sp³-hybridized carbons (Fsp3) is 0.889. The van der Waals surface area contributed by atoms with E-state index in [0.29, 0.717) is 5.41 Å². The zero-order valence-corrected chi connectivity index (χ0v) is 16.1. The molecule has 144 valence electrons. The number of likely N-dealkylation sites (N-methyl/N-ethyl adjacent to an activating group) is 1. The van der Waals surface area contributed by atoms with Crippen molar-refractivity contribution in [2.45, 2.75) is 32.6 Å². The van der Waals surface area contributed by atoms with E-state index in [1.165, 1.54) is 25.7 Å². The average Bonchev–Trinajstić information content (AvgIpc) is 2.58. The van der Waals surface area contributed by atoms with Gasteiger partial charge in [0, 0.05) is 46.8 Å². The summed E-state index contributed by atoms with van der Waals surface area (Å²) in [6, 6.07) is 0. The predicted octanol–water partition coefficient (Wildman–Crippen LogP) is 0.522. The zero-order valence-electron chi connectivity index (χ0n) is 16.1. The molecule has 0 aromatic heterocycles. The molecule has 25 heavy (non-hydrogen) atoms. The highest BCUT2D eigenvalue weighted by Gasteiger charge is 2.34. The van der Waals surface area contributed by atoms with Gasteiger partial charge in [-0.1, -0.05) is 13.3 Å². The molecule has 7 heteroatoms. The maximum Gasteiger partial charge on any atom is 0.243 e. The van der Waals surface area contributed by atoms with Crippen molar-refractivity contribution >= 4 is 11.9 Å². The van der Waals surface area contributed by atoms with Crippen LogP contribution in [0.15, 0.2) is 4.99 Å². The van der Waals surface area contributed by atoms with Crippen molar-refractivity contribution in [3.63, 3.8) is 0 Å². The van der Waals surface area contributed by atoms with Gasteiger partial charge in [-0.3, -0.25) is 9.69 Å². The number of carbonyl (C=O) groups is 1.